The molecule has 0 atom stereocenters. The van der Waals surface area contributed by atoms with E-state index in [1.54, 1.807) is 30.2 Å². The van der Waals surface area contributed by atoms with Gasteiger partial charge in [-0.25, -0.2) is 4.79 Å². The van der Waals surface area contributed by atoms with E-state index in [0.717, 1.165) is 6.54 Å². The van der Waals surface area contributed by atoms with E-state index < -0.39 is 0 Å². The fourth-order valence-electron chi connectivity index (χ4n) is 2.41. The van der Waals surface area contributed by atoms with Crippen LogP contribution in [0.4, 0.5) is 10.5 Å². The van der Waals surface area contributed by atoms with E-state index in [4.69, 9.17) is 9.47 Å². The predicted octanol–water partition coefficient (Wildman–Crippen LogP) is 0.191. The number of ether oxygens (including phenoxy) is 2. The molecule has 0 unspecified atom stereocenters. The van der Waals surface area contributed by atoms with Crippen LogP contribution in [0.3, 0.4) is 0 Å². The first-order chi connectivity index (χ1) is 11.7. The maximum Gasteiger partial charge on any atom is 0.322 e. The fourth-order valence-corrected chi connectivity index (χ4v) is 2.41. The number of urea groups is 1. The van der Waals surface area contributed by atoms with Gasteiger partial charge < -0.3 is 25.4 Å². The molecule has 0 radical (unpaired) electrons. The second kappa shape index (κ2) is 9.09. The molecule has 1 fully saturated rings. The minimum absolute atomic E-state index is 0.187. The van der Waals surface area contributed by atoms with Gasteiger partial charge in [-0.15, -0.1) is 0 Å². The number of carbonyl (C=O) groups is 2. The molecule has 1 aliphatic rings. The highest BCUT2D eigenvalue weighted by molar-refractivity contribution is 5.99. The zero-order chi connectivity index (χ0) is 17.4. The highest BCUT2D eigenvalue weighted by Gasteiger charge is 2.25. The SMILES string of the molecule is COCCNCCNC(=O)c1ccc(OC)c(N2CCNC2=O)c1. The number of nitrogens with zero attached hydrogens (tertiary/aromatic N) is 1. The first-order valence-corrected chi connectivity index (χ1v) is 7.88. The van der Waals surface area contributed by atoms with Crippen molar-refractivity contribution in [2.24, 2.45) is 0 Å². The van der Waals surface area contributed by atoms with Gasteiger partial charge >= 0.3 is 6.03 Å². The molecule has 1 aromatic carbocycles. The second-order valence-corrected chi connectivity index (χ2v) is 5.27. The van der Waals surface area contributed by atoms with E-state index in [1.807, 2.05) is 0 Å². The Balaban J connectivity index is 1.97. The normalized spacial score (nSPS) is 13.8. The Morgan fingerprint density at radius 3 is 2.79 bits per heavy atom. The van der Waals surface area contributed by atoms with Gasteiger partial charge in [0, 0.05) is 45.4 Å². The minimum atomic E-state index is -0.188. The molecule has 1 aliphatic heterocycles. The first kappa shape index (κ1) is 18.0. The Morgan fingerprint density at radius 1 is 1.29 bits per heavy atom. The van der Waals surface area contributed by atoms with E-state index in [9.17, 15) is 9.59 Å². The van der Waals surface area contributed by atoms with Crippen LogP contribution in [0.2, 0.25) is 0 Å². The van der Waals surface area contributed by atoms with Crippen LogP contribution < -0.4 is 25.6 Å². The van der Waals surface area contributed by atoms with Crippen LogP contribution in [0.1, 0.15) is 10.4 Å². The number of hydrogen-bond donors (Lipinski definition) is 3. The maximum absolute atomic E-state index is 12.3. The molecule has 0 aromatic heterocycles. The van der Waals surface area contributed by atoms with Gasteiger partial charge in [0.25, 0.3) is 5.91 Å². The van der Waals surface area contributed by atoms with Crippen LogP contribution in [0, 0.1) is 0 Å². The number of hydrogen-bond acceptors (Lipinski definition) is 5. The molecule has 1 heterocycles. The highest BCUT2D eigenvalue weighted by atomic mass is 16.5. The van der Waals surface area contributed by atoms with Gasteiger partial charge in [-0.05, 0) is 18.2 Å². The van der Waals surface area contributed by atoms with Crippen molar-refractivity contribution in [3.05, 3.63) is 23.8 Å². The zero-order valence-corrected chi connectivity index (χ0v) is 14.1. The summed E-state index contributed by atoms with van der Waals surface area (Å²) in [5, 5.41) is 8.73. The molecular formula is C16H24N4O4. The van der Waals surface area contributed by atoms with Gasteiger partial charge in [0.2, 0.25) is 0 Å². The first-order valence-electron chi connectivity index (χ1n) is 7.88. The molecule has 0 aliphatic carbocycles. The summed E-state index contributed by atoms with van der Waals surface area (Å²) in [4.78, 5) is 25.7. The summed E-state index contributed by atoms with van der Waals surface area (Å²) in [7, 11) is 3.18. The molecule has 0 spiro atoms. The molecule has 132 valence electrons. The molecule has 0 bridgehead atoms. The number of carbonyl (C=O) groups excluding carboxylic acids is 2. The molecule has 8 nitrogen and oxygen atoms in total. The fraction of sp³-hybridized carbons (Fsp3) is 0.500. The Kier molecular flexibility index (Phi) is 6.83. The van der Waals surface area contributed by atoms with Crippen molar-refractivity contribution in [2.45, 2.75) is 0 Å². The van der Waals surface area contributed by atoms with Crippen molar-refractivity contribution in [3.8, 4) is 5.75 Å². The zero-order valence-electron chi connectivity index (χ0n) is 14.1. The average molecular weight is 336 g/mol. The topological polar surface area (TPSA) is 91.9 Å². The summed E-state index contributed by atoms with van der Waals surface area (Å²) in [6, 6.07) is 4.88. The van der Waals surface area contributed by atoms with Gasteiger partial charge in [0.15, 0.2) is 0 Å². The number of nitrogens with one attached hydrogen (secondary N) is 3. The van der Waals surface area contributed by atoms with Crippen LogP contribution in [-0.4, -0.2) is 65.5 Å². The van der Waals surface area contributed by atoms with Crippen molar-refractivity contribution in [1.82, 2.24) is 16.0 Å². The quantitative estimate of drug-likeness (QED) is 0.560. The van der Waals surface area contributed by atoms with E-state index in [1.165, 1.54) is 7.11 Å². The third-order valence-electron chi connectivity index (χ3n) is 3.66. The van der Waals surface area contributed by atoms with Crippen molar-refractivity contribution in [3.63, 3.8) is 0 Å². The number of methoxy groups -OCH3 is 2. The summed E-state index contributed by atoms with van der Waals surface area (Å²) < 4.78 is 10.2. The van der Waals surface area contributed by atoms with Crippen LogP contribution in [0.5, 0.6) is 5.75 Å². The Morgan fingerprint density at radius 2 is 2.12 bits per heavy atom. The van der Waals surface area contributed by atoms with Gasteiger partial charge in [0.05, 0.1) is 19.4 Å². The summed E-state index contributed by atoms with van der Waals surface area (Å²) in [5.74, 6) is 0.372. The minimum Gasteiger partial charge on any atom is -0.495 e. The lowest BCUT2D eigenvalue weighted by molar-refractivity contribution is 0.0953. The summed E-state index contributed by atoms with van der Waals surface area (Å²) >= 11 is 0. The van der Waals surface area contributed by atoms with Crippen LogP contribution in [0.15, 0.2) is 18.2 Å². The molecule has 3 N–H and O–H groups in total. The number of anilines is 1. The van der Waals surface area contributed by atoms with Crippen molar-refractivity contribution >= 4 is 17.6 Å². The maximum atomic E-state index is 12.3. The summed E-state index contributed by atoms with van der Waals surface area (Å²) in [6.45, 7) is 3.66. The van der Waals surface area contributed by atoms with Crippen molar-refractivity contribution < 1.29 is 19.1 Å². The molecule has 0 saturated carbocycles. The predicted molar refractivity (Wildman–Crippen MR) is 90.8 cm³/mol. The Labute approximate surface area is 141 Å². The highest BCUT2D eigenvalue weighted by Crippen LogP contribution is 2.30. The van der Waals surface area contributed by atoms with Crippen molar-refractivity contribution in [2.75, 3.05) is 58.5 Å². The molecule has 24 heavy (non-hydrogen) atoms. The molecule has 1 saturated heterocycles. The van der Waals surface area contributed by atoms with Gasteiger partial charge in [-0.2, -0.15) is 0 Å². The van der Waals surface area contributed by atoms with Gasteiger partial charge in [0.1, 0.15) is 5.75 Å². The average Bonchev–Trinajstić information content (AvgIpc) is 3.03. The molecule has 2 rings (SSSR count). The standard InChI is InChI=1S/C16H24N4O4/c1-23-10-8-17-5-6-18-15(21)12-3-4-14(24-2)13(11-12)20-9-7-19-16(20)22/h3-4,11,17H,5-10H2,1-2H3,(H,18,21)(H,19,22). The lowest BCUT2D eigenvalue weighted by Gasteiger charge is -2.18. The molecule has 1 aromatic rings. The lowest BCUT2D eigenvalue weighted by Crippen LogP contribution is -2.33. The van der Waals surface area contributed by atoms with Gasteiger partial charge in [-0.3, -0.25) is 9.69 Å². The monoisotopic (exact) mass is 336 g/mol. The molecular weight excluding hydrogens is 312 g/mol. The second-order valence-electron chi connectivity index (χ2n) is 5.27. The Bertz CT molecular complexity index is 579. The summed E-state index contributed by atoms with van der Waals surface area (Å²) in [6.07, 6.45) is 0. The van der Waals surface area contributed by atoms with Crippen molar-refractivity contribution in [1.29, 1.82) is 0 Å². The lowest BCUT2D eigenvalue weighted by atomic mass is 10.1. The number of amides is 3. The largest absolute Gasteiger partial charge is 0.495 e. The van der Waals surface area contributed by atoms with E-state index in [-0.39, 0.29) is 11.9 Å². The smallest absolute Gasteiger partial charge is 0.322 e. The van der Waals surface area contributed by atoms with Crippen LogP contribution >= 0.6 is 0 Å². The molecule has 8 heteroatoms. The third kappa shape index (κ3) is 4.59. The third-order valence-corrected chi connectivity index (χ3v) is 3.66. The number of benzene rings is 1. The van der Waals surface area contributed by atoms with Gasteiger partial charge in [-0.1, -0.05) is 0 Å². The van der Waals surface area contributed by atoms with E-state index >= 15 is 0 Å². The van der Waals surface area contributed by atoms with Crippen LogP contribution in [-0.2, 0) is 4.74 Å². The van der Waals surface area contributed by atoms with E-state index in [2.05, 4.69) is 16.0 Å². The van der Waals surface area contributed by atoms with Crippen LogP contribution in [0.25, 0.3) is 0 Å². The Hall–Kier alpha value is -2.32. The number of rotatable bonds is 9. The van der Waals surface area contributed by atoms with E-state index in [0.29, 0.717) is 49.8 Å². The summed E-state index contributed by atoms with van der Waals surface area (Å²) in [5.41, 5.74) is 1.08. The molecule has 3 amide bonds.